The van der Waals surface area contributed by atoms with Gasteiger partial charge < -0.3 is 5.32 Å². The highest BCUT2D eigenvalue weighted by Crippen LogP contribution is 2.22. The quantitative estimate of drug-likeness (QED) is 0.724. The van der Waals surface area contributed by atoms with Crippen LogP contribution in [-0.2, 0) is 16.6 Å². The number of hydrogen-bond donors (Lipinski definition) is 3. The SMILES string of the molecule is O=S(=O)(NC1CCCC1)c1[nH]ncc1CNC1CC1. The second-order valence-corrected chi connectivity index (χ2v) is 7.13. The maximum absolute atomic E-state index is 12.3. The fourth-order valence-electron chi connectivity index (χ4n) is 2.52. The van der Waals surface area contributed by atoms with E-state index in [1.165, 1.54) is 12.8 Å². The molecule has 3 N–H and O–H groups in total. The standard InChI is InChI=1S/C12H20N4O2S/c17-19(18,16-11-3-1-2-4-11)12-9(8-14-15-12)7-13-10-5-6-10/h8,10-11,13,16H,1-7H2,(H,14,15). The summed E-state index contributed by atoms with van der Waals surface area (Å²) in [6.45, 7) is 0.558. The van der Waals surface area contributed by atoms with Crippen LogP contribution in [0.3, 0.4) is 0 Å². The topological polar surface area (TPSA) is 86.9 Å². The van der Waals surface area contributed by atoms with Gasteiger partial charge in [-0.05, 0) is 25.7 Å². The van der Waals surface area contributed by atoms with Crippen LogP contribution in [0.1, 0.15) is 44.1 Å². The molecule has 2 aliphatic rings. The van der Waals surface area contributed by atoms with Crippen LogP contribution in [0, 0.1) is 0 Å². The maximum Gasteiger partial charge on any atom is 0.258 e. The van der Waals surface area contributed by atoms with E-state index in [0.717, 1.165) is 31.2 Å². The number of nitrogens with zero attached hydrogens (tertiary/aromatic N) is 1. The average Bonchev–Trinajstić information content (AvgIpc) is 2.87. The second kappa shape index (κ2) is 5.22. The Morgan fingerprint density at radius 2 is 1.95 bits per heavy atom. The Bertz CT molecular complexity index is 530. The molecule has 6 nitrogen and oxygen atoms in total. The Labute approximate surface area is 113 Å². The van der Waals surface area contributed by atoms with Crippen molar-refractivity contribution in [1.82, 2.24) is 20.2 Å². The Morgan fingerprint density at radius 3 is 2.63 bits per heavy atom. The first-order chi connectivity index (χ1) is 9.15. The molecule has 0 saturated heterocycles. The number of hydrogen-bond acceptors (Lipinski definition) is 4. The predicted octanol–water partition coefficient (Wildman–Crippen LogP) is 0.883. The molecule has 0 aliphatic heterocycles. The number of sulfonamides is 1. The summed E-state index contributed by atoms with van der Waals surface area (Å²) in [5.41, 5.74) is 0.720. The molecular weight excluding hydrogens is 264 g/mol. The summed E-state index contributed by atoms with van der Waals surface area (Å²) in [5.74, 6) is 0. The molecule has 19 heavy (non-hydrogen) atoms. The van der Waals surface area contributed by atoms with Crippen molar-refractivity contribution in [2.45, 2.75) is 62.2 Å². The zero-order valence-electron chi connectivity index (χ0n) is 10.9. The maximum atomic E-state index is 12.3. The van der Waals surface area contributed by atoms with Crippen LogP contribution >= 0.6 is 0 Å². The summed E-state index contributed by atoms with van der Waals surface area (Å²) in [6, 6.07) is 0.630. The van der Waals surface area contributed by atoms with Gasteiger partial charge in [-0.1, -0.05) is 12.8 Å². The molecule has 0 spiro atoms. The highest BCUT2D eigenvalue weighted by atomic mass is 32.2. The van der Waals surface area contributed by atoms with E-state index in [9.17, 15) is 8.42 Å². The highest BCUT2D eigenvalue weighted by molar-refractivity contribution is 7.89. The fourth-order valence-corrected chi connectivity index (χ4v) is 3.96. The predicted molar refractivity (Wildman–Crippen MR) is 71.0 cm³/mol. The minimum atomic E-state index is -3.47. The molecular formula is C12H20N4O2S. The van der Waals surface area contributed by atoms with Gasteiger partial charge >= 0.3 is 0 Å². The molecule has 0 bridgehead atoms. The Kier molecular flexibility index (Phi) is 3.60. The van der Waals surface area contributed by atoms with Gasteiger partial charge in [-0.3, -0.25) is 5.10 Å². The first kappa shape index (κ1) is 13.1. The van der Waals surface area contributed by atoms with Crippen LogP contribution in [0.15, 0.2) is 11.2 Å². The summed E-state index contributed by atoms with van der Waals surface area (Å²) in [6.07, 6.45) is 8.03. The Morgan fingerprint density at radius 1 is 1.21 bits per heavy atom. The number of H-pyrrole nitrogens is 1. The van der Waals surface area contributed by atoms with Crippen molar-refractivity contribution in [3.05, 3.63) is 11.8 Å². The normalized spacial score (nSPS) is 21.1. The van der Waals surface area contributed by atoms with Crippen LogP contribution in [-0.4, -0.2) is 30.7 Å². The largest absolute Gasteiger partial charge is 0.310 e. The zero-order valence-corrected chi connectivity index (χ0v) is 11.7. The fraction of sp³-hybridized carbons (Fsp3) is 0.750. The third-order valence-electron chi connectivity index (χ3n) is 3.78. The van der Waals surface area contributed by atoms with Gasteiger partial charge in [0.2, 0.25) is 0 Å². The van der Waals surface area contributed by atoms with Crippen molar-refractivity contribution in [2.24, 2.45) is 0 Å². The summed E-state index contributed by atoms with van der Waals surface area (Å²) < 4.78 is 27.4. The van der Waals surface area contributed by atoms with Gasteiger partial charge in [0.1, 0.15) is 0 Å². The van der Waals surface area contributed by atoms with Crippen LogP contribution in [0.25, 0.3) is 0 Å². The first-order valence-electron chi connectivity index (χ1n) is 6.93. The van der Waals surface area contributed by atoms with Crippen molar-refractivity contribution in [2.75, 3.05) is 0 Å². The minimum absolute atomic E-state index is 0.0811. The number of aromatic nitrogens is 2. The molecule has 1 aromatic rings. The van der Waals surface area contributed by atoms with Crippen molar-refractivity contribution in [1.29, 1.82) is 0 Å². The third-order valence-corrected chi connectivity index (χ3v) is 5.32. The van der Waals surface area contributed by atoms with Crippen LogP contribution in [0.5, 0.6) is 0 Å². The molecule has 7 heteroatoms. The van der Waals surface area contributed by atoms with Gasteiger partial charge in [-0.15, -0.1) is 0 Å². The van der Waals surface area contributed by atoms with Gasteiger partial charge in [-0.2, -0.15) is 5.10 Å². The molecule has 2 saturated carbocycles. The lowest BCUT2D eigenvalue weighted by Gasteiger charge is -2.12. The van der Waals surface area contributed by atoms with Crippen LogP contribution in [0.4, 0.5) is 0 Å². The summed E-state index contributed by atoms with van der Waals surface area (Å²) >= 11 is 0. The Hall–Kier alpha value is -0.920. The Balaban J connectivity index is 1.70. The molecule has 0 amide bonds. The van der Waals surface area contributed by atoms with Gasteiger partial charge in [0.05, 0.1) is 6.20 Å². The van der Waals surface area contributed by atoms with E-state index < -0.39 is 10.0 Å². The van der Waals surface area contributed by atoms with Crippen LogP contribution < -0.4 is 10.0 Å². The van der Waals surface area contributed by atoms with Crippen LogP contribution in [0.2, 0.25) is 0 Å². The number of aromatic amines is 1. The molecule has 1 aromatic heterocycles. The summed E-state index contributed by atoms with van der Waals surface area (Å²) in [4.78, 5) is 0. The summed E-state index contributed by atoms with van der Waals surface area (Å²) in [7, 11) is -3.47. The van der Waals surface area contributed by atoms with Crippen molar-refractivity contribution < 1.29 is 8.42 Å². The zero-order chi connectivity index (χ0) is 13.3. The lowest BCUT2D eigenvalue weighted by molar-refractivity contribution is 0.546. The second-order valence-electron chi connectivity index (χ2n) is 5.48. The first-order valence-corrected chi connectivity index (χ1v) is 8.41. The molecule has 106 valence electrons. The van der Waals surface area contributed by atoms with Gasteiger partial charge in [0.25, 0.3) is 10.0 Å². The molecule has 0 aromatic carbocycles. The van der Waals surface area contributed by atoms with Crippen molar-refractivity contribution in [3.63, 3.8) is 0 Å². The molecule has 0 radical (unpaired) electrons. The smallest absolute Gasteiger partial charge is 0.258 e. The summed E-state index contributed by atoms with van der Waals surface area (Å²) in [5, 5.41) is 10.0. The van der Waals surface area contributed by atoms with E-state index in [4.69, 9.17) is 0 Å². The molecule has 0 atom stereocenters. The molecule has 0 unspecified atom stereocenters. The molecule has 1 heterocycles. The van der Waals surface area contributed by atoms with Gasteiger partial charge in [0, 0.05) is 24.2 Å². The van der Waals surface area contributed by atoms with Gasteiger partial charge in [0.15, 0.2) is 5.03 Å². The average molecular weight is 284 g/mol. The van der Waals surface area contributed by atoms with E-state index in [1.807, 2.05) is 0 Å². The lowest BCUT2D eigenvalue weighted by Crippen LogP contribution is -2.33. The number of nitrogens with one attached hydrogen (secondary N) is 3. The van der Waals surface area contributed by atoms with Crippen molar-refractivity contribution >= 4 is 10.0 Å². The van der Waals surface area contributed by atoms with E-state index in [1.54, 1.807) is 6.20 Å². The molecule has 3 rings (SSSR count). The highest BCUT2D eigenvalue weighted by Gasteiger charge is 2.27. The van der Waals surface area contributed by atoms with E-state index in [0.29, 0.717) is 12.6 Å². The minimum Gasteiger partial charge on any atom is -0.310 e. The monoisotopic (exact) mass is 284 g/mol. The number of rotatable bonds is 6. The molecule has 2 aliphatic carbocycles. The molecule has 2 fully saturated rings. The van der Waals surface area contributed by atoms with E-state index >= 15 is 0 Å². The van der Waals surface area contributed by atoms with Gasteiger partial charge in [-0.25, -0.2) is 13.1 Å². The van der Waals surface area contributed by atoms with E-state index in [2.05, 4.69) is 20.2 Å². The van der Waals surface area contributed by atoms with E-state index in [-0.39, 0.29) is 11.1 Å². The third kappa shape index (κ3) is 3.16. The van der Waals surface area contributed by atoms with Crippen molar-refractivity contribution in [3.8, 4) is 0 Å². The lowest BCUT2D eigenvalue weighted by atomic mass is 10.3.